The first-order chi connectivity index (χ1) is 12.6. The van der Waals surface area contributed by atoms with Gasteiger partial charge in [0.25, 0.3) is 0 Å². The van der Waals surface area contributed by atoms with Crippen molar-refractivity contribution in [2.75, 3.05) is 0 Å². The summed E-state index contributed by atoms with van der Waals surface area (Å²) in [5, 5.41) is 0. The molecule has 2 saturated carbocycles. The van der Waals surface area contributed by atoms with E-state index < -0.39 is 0 Å². The van der Waals surface area contributed by atoms with Gasteiger partial charge < -0.3 is 0 Å². The van der Waals surface area contributed by atoms with E-state index >= 15 is 0 Å². The molecule has 2 aliphatic carbocycles. The van der Waals surface area contributed by atoms with Crippen molar-refractivity contribution in [3.63, 3.8) is 0 Å². The summed E-state index contributed by atoms with van der Waals surface area (Å²) in [4.78, 5) is 0. The van der Waals surface area contributed by atoms with E-state index in [0.29, 0.717) is 17.4 Å². The molecule has 0 amide bonds. The first kappa shape index (κ1) is 19.6. The highest BCUT2D eigenvalue weighted by molar-refractivity contribution is 5.32. The molecule has 2 heteroatoms. The van der Waals surface area contributed by atoms with E-state index in [1.165, 1.54) is 25.7 Å². The molecule has 0 N–H and O–H groups in total. The van der Waals surface area contributed by atoms with Crippen molar-refractivity contribution in [1.82, 2.24) is 0 Å². The molecule has 3 rings (SSSR count). The normalized spacial score (nSPS) is 30.0. The maximum Gasteiger partial charge on any atom is 0.129 e. The Balaban J connectivity index is 1.67. The van der Waals surface area contributed by atoms with Gasteiger partial charge in [-0.25, -0.2) is 8.78 Å². The van der Waals surface area contributed by atoms with Gasteiger partial charge in [-0.1, -0.05) is 31.9 Å². The lowest BCUT2D eigenvalue weighted by Gasteiger charge is -2.30. The lowest BCUT2D eigenvalue weighted by atomic mass is 9.75. The average molecular weight is 361 g/mol. The summed E-state index contributed by atoms with van der Waals surface area (Å²) in [6, 6.07) is 3.31. The van der Waals surface area contributed by atoms with Crippen molar-refractivity contribution in [2.45, 2.75) is 89.9 Å². The Hall–Kier alpha value is -1.18. The van der Waals surface area contributed by atoms with Gasteiger partial charge in [0.1, 0.15) is 11.6 Å². The molecule has 0 spiro atoms. The highest BCUT2D eigenvalue weighted by atomic mass is 19.1. The van der Waals surface area contributed by atoms with Gasteiger partial charge in [-0.15, -0.1) is 0 Å². The molecule has 2 fully saturated rings. The maximum absolute atomic E-state index is 14.8. The van der Waals surface area contributed by atoms with Crippen molar-refractivity contribution in [3.8, 4) is 0 Å². The molecule has 0 nitrogen and oxygen atoms in total. The number of allylic oxidation sites excluding steroid dienone is 2. The standard InChI is InChI=1S/C24H34F2/c1-3-5-17-7-11-19(12-8-17)21-15-22(25)24(23(26)16-21)20-13-9-18(6-4-2)10-14-20/h4,6,15-20H,3,5,7-14H2,1-2H3/b6-4+. The zero-order valence-corrected chi connectivity index (χ0v) is 16.4. The lowest BCUT2D eigenvalue weighted by molar-refractivity contribution is 0.307. The van der Waals surface area contributed by atoms with Gasteiger partial charge in [-0.05, 0) is 99.7 Å². The molecule has 0 aromatic heterocycles. The Morgan fingerprint density at radius 3 is 2.00 bits per heavy atom. The van der Waals surface area contributed by atoms with Crippen LogP contribution in [0.4, 0.5) is 8.78 Å². The van der Waals surface area contributed by atoms with Crippen LogP contribution in [0.5, 0.6) is 0 Å². The van der Waals surface area contributed by atoms with Crippen LogP contribution in [0.3, 0.4) is 0 Å². The molecular formula is C24H34F2. The number of rotatable bonds is 5. The summed E-state index contributed by atoms with van der Waals surface area (Å²) < 4.78 is 29.7. The van der Waals surface area contributed by atoms with Crippen molar-refractivity contribution in [3.05, 3.63) is 47.0 Å². The number of benzene rings is 1. The number of hydrogen-bond donors (Lipinski definition) is 0. The van der Waals surface area contributed by atoms with E-state index in [-0.39, 0.29) is 17.6 Å². The summed E-state index contributed by atoms with van der Waals surface area (Å²) in [5.74, 6) is 1.19. The third kappa shape index (κ3) is 4.56. The Kier molecular flexibility index (Phi) is 6.89. The molecular weight excluding hydrogens is 326 g/mol. The molecule has 0 saturated heterocycles. The second kappa shape index (κ2) is 9.15. The molecule has 26 heavy (non-hydrogen) atoms. The summed E-state index contributed by atoms with van der Waals surface area (Å²) in [5.41, 5.74) is 1.24. The highest BCUT2D eigenvalue weighted by Gasteiger charge is 2.28. The lowest BCUT2D eigenvalue weighted by Crippen LogP contribution is -2.16. The minimum absolute atomic E-state index is 0.0471. The monoisotopic (exact) mass is 360 g/mol. The van der Waals surface area contributed by atoms with Crippen LogP contribution in [0.1, 0.15) is 101 Å². The first-order valence-corrected chi connectivity index (χ1v) is 10.7. The minimum Gasteiger partial charge on any atom is -0.207 e. The van der Waals surface area contributed by atoms with E-state index in [1.807, 2.05) is 6.92 Å². The largest absolute Gasteiger partial charge is 0.207 e. The molecule has 1 aromatic rings. The third-order valence-electron chi connectivity index (χ3n) is 6.76. The van der Waals surface area contributed by atoms with Crippen molar-refractivity contribution in [1.29, 1.82) is 0 Å². The molecule has 1 aromatic carbocycles. The van der Waals surface area contributed by atoms with Crippen LogP contribution in [-0.2, 0) is 0 Å². The van der Waals surface area contributed by atoms with Gasteiger partial charge in [0.2, 0.25) is 0 Å². The average Bonchev–Trinajstić information content (AvgIpc) is 2.64. The topological polar surface area (TPSA) is 0 Å². The Morgan fingerprint density at radius 1 is 0.885 bits per heavy atom. The van der Waals surface area contributed by atoms with Crippen LogP contribution in [-0.4, -0.2) is 0 Å². The van der Waals surface area contributed by atoms with Crippen molar-refractivity contribution >= 4 is 0 Å². The molecule has 0 unspecified atom stereocenters. The molecule has 0 radical (unpaired) electrons. The zero-order chi connectivity index (χ0) is 18.5. The molecule has 0 bridgehead atoms. The van der Waals surface area contributed by atoms with E-state index in [0.717, 1.165) is 50.0 Å². The smallest absolute Gasteiger partial charge is 0.129 e. The van der Waals surface area contributed by atoms with Crippen LogP contribution in [0.25, 0.3) is 0 Å². The molecule has 144 valence electrons. The van der Waals surface area contributed by atoms with Gasteiger partial charge >= 0.3 is 0 Å². The maximum atomic E-state index is 14.8. The van der Waals surface area contributed by atoms with E-state index in [9.17, 15) is 8.78 Å². The minimum atomic E-state index is -0.301. The predicted octanol–water partition coefficient (Wildman–Crippen LogP) is 7.89. The quantitative estimate of drug-likeness (QED) is 0.468. The van der Waals surface area contributed by atoms with Crippen molar-refractivity contribution < 1.29 is 8.78 Å². The van der Waals surface area contributed by atoms with E-state index in [4.69, 9.17) is 0 Å². The molecule has 0 heterocycles. The van der Waals surface area contributed by atoms with Crippen LogP contribution < -0.4 is 0 Å². The van der Waals surface area contributed by atoms with E-state index in [1.54, 1.807) is 12.1 Å². The summed E-state index contributed by atoms with van der Waals surface area (Å²) >= 11 is 0. The predicted molar refractivity (Wildman–Crippen MR) is 105 cm³/mol. The fourth-order valence-corrected chi connectivity index (χ4v) is 5.29. The molecule has 2 aliphatic rings. The van der Waals surface area contributed by atoms with Crippen molar-refractivity contribution in [2.24, 2.45) is 11.8 Å². The Labute approximate surface area is 158 Å². The first-order valence-electron chi connectivity index (χ1n) is 10.7. The van der Waals surface area contributed by atoms with Crippen LogP contribution in [0.15, 0.2) is 24.3 Å². The third-order valence-corrected chi connectivity index (χ3v) is 6.76. The Bertz CT molecular complexity index is 580. The number of hydrogen-bond acceptors (Lipinski definition) is 0. The Morgan fingerprint density at radius 2 is 1.46 bits per heavy atom. The van der Waals surface area contributed by atoms with Crippen LogP contribution in [0, 0.1) is 23.5 Å². The second-order valence-electron chi connectivity index (χ2n) is 8.54. The number of halogens is 2. The van der Waals surface area contributed by atoms with Crippen LogP contribution in [0.2, 0.25) is 0 Å². The summed E-state index contributed by atoms with van der Waals surface area (Å²) in [6.07, 6.45) is 15.3. The summed E-state index contributed by atoms with van der Waals surface area (Å²) in [6.45, 7) is 4.28. The van der Waals surface area contributed by atoms with Gasteiger partial charge in [0, 0.05) is 5.56 Å². The van der Waals surface area contributed by atoms with Gasteiger partial charge in [-0.2, -0.15) is 0 Å². The molecule has 0 atom stereocenters. The summed E-state index contributed by atoms with van der Waals surface area (Å²) in [7, 11) is 0. The molecule has 0 aliphatic heterocycles. The van der Waals surface area contributed by atoms with Gasteiger partial charge in [0.05, 0.1) is 0 Å². The van der Waals surface area contributed by atoms with Crippen LogP contribution >= 0.6 is 0 Å². The van der Waals surface area contributed by atoms with E-state index in [2.05, 4.69) is 19.1 Å². The fourth-order valence-electron chi connectivity index (χ4n) is 5.29. The SMILES string of the molecule is C/C=C/C1CCC(c2c(F)cc(C3CCC(CCC)CC3)cc2F)CC1. The highest BCUT2D eigenvalue weighted by Crippen LogP contribution is 2.42. The fraction of sp³-hybridized carbons (Fsp3) is 0.667. The second-order valence-corrected chi connectivity index (χ2v) is 8.54. The van der Waals surface area contributed by atoms with Gasteiger partial charge in [0.15, 0.2) is 0 Å². The zero-order valence-electron chi connectivity index (χ0n) is 16.4. The van der Waals surface area contributed by atoms with Gasteiger partial charge in [-0.3, -0.25) is 0 Å².